The van der Waals surface area contributed by atoms with Crippen LogP contribution in [0.25, 0.3) is 0 Å². The molecule has 49 heavy (non-hydrogen) atoms. The number of carbonyl (C=O) groups excluding carboxylic acids is 7. The van der Waals surface area contributed by atoms with Gasteiger partial charge in [-0.05, 0) is 15.9 Å². The normalized spacial score (nSPS) is 10.2. The Labute approximate surface area is 286 Å². The molecule has 0 aliphatic carbocycles. The second-order valence-corrected chi connectivity index (χ2v) is 10.4. The number of carbonyl (C=O) groups is 7. The highest BCUT2D eigenvalue weighted by atomic mass is 79.9. The van der Waals surface area contributed by atoms with E-state index in [0.717, 1.165) is 72.7 Å². The molecule has 17 heteroatoms. The Balaban J connectivity index is 2.29. The number of rotatable bonds is 11. The zero-order chi connectivity index (χ0) is 36.6. The maximum Gasteiger partial charge on any atom is 0.308 e. The van der Waals surface area contributed by atoms with E-state index >= 15 is 0 Å². The van der Waals surface area contributed by atoms with Gasteiger partial charge in [0.2, 0.25) is 11.5 Å². The standard InChI is InChI=1S/C32H27BrO16/c1-14(34)41-21-8-24(43-16(3)36)30(33)25(9-21)49-32-28(46-19(6)39)12-23(13-29(32)47-20(7)40)48-31-26(44-17(4)37)10-22(42-15(2)35)11-27(31)45-18(5)38/h8-13H,1-7H3. The third kappa shape index (κ3) is 11.1. The van der Waals surface area contributed by atoms with Gasteiger partial charge in [0.15, 0.2) is 28.7 Å². The van der Waals surface area contributed by atoms with Crippen LogP contribution in [0, 0.1) is 0 Å². The fourth-order valence-corrected chi connectivity index (χ4v) is 4.21. The van der Waals surface area contributed by atoms with Gasteiger partial charge in [-0.1, -0.05) is 0 Å². The molecule has 0 aliphatic heterocycles. The summed E-state index contributed by atoms with van der Waals surface area (Å²) >= 11 is 3.26. The minimum absolute atomic E-state index is 0.0337. The zero-order valence-corrected chi connectivity index (χ0v) is 28.5. The van der Waals surface area contributed by atoms with Crippen LogP contribution in [0.15, 0.2) is 40.9 Å². The Hall–Kier alpha value is -5.97. The third-order valence-electron chi connectivity index (χ3n) is 5.19. The summed E-state index contributed by atoms with van der Waals surface area (Å²) in [5.41, 5.74) is 0. The van der Waals surface area contributed by atoms with Crippen molar-refractivity contribution in [1.82, 2.24) is 0 Å². The Morgan fingerprint density at radius 2 is 0.633 bits per heavy atom. The Kier molecular flexibility index (Phi) is 12.4. The smallest absolute Gasteiger partial charge is 0.308 e. The van der Waals surface area contributed by atoms with E-state index in [4.69, 9.17) is 42.6 Å². The molecule has 0 spiro atoms. The lowest BCUT2D eigenvalue weighted by molar-refractivity contribution is -0.133. The molecule has 0 radical (unpaired) electrons. The Morgan fingerprint density at radius 1 is 0.367 bits per heavy atom. The number of ether oxygens (including phenoxy) is 9. The molecule has 0 atom stereocenters. The molecule has 0 heterocycles. The van der Waals surface area contributed by atoms with Crippen molar-refractivity contribution in [3.05, 3.63) is 40.9 Å². The van der Waals surface area contributed by atoms with Gasteiger partial charge < -0.3 is 42.6 Å². The van der Waals surface area contributed by atoms with E-state index in [1.54, 1.807) is 0 Å². The molecule has 258 valence electrons. The van der Waals surface area contributed by atoms with Crippen LogP contribution in [0.4, 0.5) is 0 Å². The van der Waals surface area contributed by atoms with Crippen molar-refractivity contribution >= 4 is 57.7 Å². The topological polar surface area (TPSA) is 203 Å². The number of hydrogen-bond acceptors (Lipinski definition) is 16. The third-order valence-corrected chi connectivity index (χ3v) is 5.97. The van der Waals surface area contributed by atoms with E-state index in [1.807, 2.05) is 0 Å². The molecule has 0 saturated heterocycles. The molecule has 3 rings (SSSR count). The van der Waals surface area contributed by atoms with E-state index in [-0.39, 0.29) is 50.5 Å². The lowest BCUT2D eigenvalue weighted by atomic mass is 10.2. The average Bonchev–Trinajstić information content (AvgIpc) is 2.92. The Bertz CT molecular complexity index is 1790. The molecule has 3 aromatic rings. The van der Waals surface area contributed by atoms with Gasteiger partial charge in [0, 0.05) is 84.9 Å². The number of benzene rings is 3. The van der Waals surface area contributed by atoms with Crippen LogP contribution in [-0.4, -0.2) is 41.8 Å². The van der Waals surface area contributed by atoms with E-state index in [1.165, 1.54) is 12.1 Å². The van der Waals surface area contributed by atoms with Gasteiger partial charge in [0.25, 0.3) is 0 Å². The highest BCUT2D eigenvalue weighted by Gasteiger charge is 2.26. The molecule has 0 fully saturated rings. The van der Waals surface area contributed by atoms with E-state index in [0.29, 0.717) is 0 Å². The molecule has 0 bridgehead atoms. The van der Waals surface area contributed by atoms with Crippen LogP contribution in [0.3, 0.4) is 0 Å². The van der Waals surface area contributed by atoms with Crippen molar-refractivity contribution in [3.63, 3.8) is 0 Å². The quantitative estimate of drug-likeness (QED) is 0.175. The van der Waals surface area contributed by atoms with Gasteiger partial charge in [-0.15, -0.1) is 0 Å². The van der Waals surface area contributed by atoms with Crippen molar-refractivity contribution in [3.8, 4) is 63.2 Å². The summed E-state index contributed by atoms with van der Waals surface area (Å²) in [4.78, 5) is 83.4. The van der Waals surface area contributed by atoms with Crippen LogP contribution in [-0.2, 0) is 33.6 Å². The minimum atomic E-state index is -0.865. The lowest BCUT2D eigenvalue weighted by Gasteiger charge is -2.20. The summed E-state index contributed by atoms with van der Waals surface area (Å²) in [7, 11) is 0. The first-order valence-electron chi connectivity index (χ1n) is 13.8. The maximum atomic E-state index is 12.2. The molecule has 16 nitrogen and oxygen atoms in total. The first kappa shape index (κ1) is 37.5. The maximum absolute atomic E-state index is 12.2. The summed E-state index contributed by atoms with van der Waals surface area (Å²) in [6.45, 7) is 7.63. The van der Waals surface area contributed by atoms with Gasteiger partial charge >= 0.3 is 41.8 Å². The average molecular weight is 747 g/mol. The van der Waals surface area contributed by atoms with Crippen LogP contribution in [0.2, 0.25) is 0 Å². The first-order valence-corrected chi connectivity index (χ1v) is 14.5. The highest BCUT2D eigenvalue weighted by molar-refractivity contribution is 9.10. The molecule has 0 N–H and O–H groups in total. The van der Waals surface area contributed by atoms with E-state index < -0.39 is 59.0 Å². The van der Waals surface area contributed by atoms with Crippen molar-refractivity contribution in [2.75, 3.05) is 0 Å². The van der Waals surface area contributed by atoms with Gasteiger partial charge in [-0.2, -0.15) is 0 Å². The monoisotopic (exact) mass is 746 g/mol. The molecule has 0 unspecified atom stereocenters. The van der Waals surface area contributed by atoms with Crippen LogP contribution < -0.4 is 42.6 Å². The zero-order valence-electron chi connectivity index (χ0n) is 26.9. The van der Waals surface area contributed by atoms with Gasteiger partial charge in [-0.25, -0.2) is 0 Å². The number of halogens is 1. The molecular formula is C32H27BrO16. The molecular weight excluding hydrogens is 720 g/mol. The SMILES string of the molecule is CC(=O)Oc1cc(OC(C)=O)c(Br)c(Oc2c(OC(C)=O)cc(Oc3c(OC(C)=O)cc(OC(C)=O)cc3OC(C)=O)cc2OC(C)=O)c1. The van der Waals surface area contributed by atoms with Crippen molar-refractivity contribution in [2.24, 2.45) is 0 Å². The van der Waals surface area contributed by atoms with Crippen LogP contribution in [0.5, 0.6) is 63.2 Å². The summed E-state index contributed by atoms with van der Waals surface area (Å²) in [5.74, 6) is -8.73. The summed E-state index contributed by atoms with van der Waals surface area (Å²) in [5, 5.41) is 0. The minimum Gasteiger partial charge on any atom is -0.449 e. The predicted octanol–water partition coefficient (Wildman–Crippen LogP) is 5.51. The number of esters is 7. The highest BCUT2D eigenvalue weighted by Crippen LogP contribution is 2.50. The second-order valence-electron chi connectivity index (χ2n) is 9.59. The van der Waals surface area contributed by atoms with Crippen molar-refractivity contribution in [2.45, 2.75) is 48.5 Å². The first-order chi connectivity index (χ1) is 22.9. The van der Waals surface area contributed by atoms with Gasteiger partial charge in [0.1, 0.15) is 27.5 Å². The molecule has 0 aromatic heterocycles. The fourth-order valence-electron chi connectivity index (χ4n) is 3.82. The fraction of sp³-hybridized carbons (Fsp3) is 0.219. The van der Waals surface area contributed by atoms with E-state index in [2.05, 4.69) is 15.9 Å². The largest absolute Gasteiger partial charge is 0.449 e. The number of hydrogen-bond donors (Lipinski definition) is 0. The van der Waals surface area contributed by atoms with Crippen molar-refractivity contribution in [1.29, 1.82) is 0 Å². The molecule has 0 saturated carbocycles. The second kappa shape index (κ2) is 16.2. The van der Waals surface area contributed by atoms with E-state index in [9.17, 15) is 33.6 Å². The van der Waals surface area contributed by atoms with Crippen LogP contribution >= 0.6 is 15.9 Å². The van der Waals surface area contributed by atoms with Gasteiger partial charge in [-0.3, -0.25) is 33.6 Å². The summed E-state index contributed by atoms with van der Waals surface area (Å²) in [6.07, 6.45) is 0. The lowest BCUT2D eigenvalue weighted by Crippen LogP contribution is -2.10. The van der Waals surface area contributed by atoms with Gasteiger partial charge in [0.05, 0.1) is 0 Å². The summed E-state index contributed by atoms with van der Waals surface area (Å²) < 4.78 is 48.5. The summed E-state index contributed by atoms with van der Waals surface area (Å²) in [6, 6.07) is 6.88. The Morgan fingerprint density at radius 3 is 0.980 bits per heavy atom. The van der Waals surface area contributed by atoms with Crippen molar-refractivity contribution < 1.29 is 76.2 Å². The predicted molar refractivity (Wildman–Crippen MR) is 166 cm³/mol. The molecule has 0 aliphatic rings. The van der Waals surface area contributed by atoms with Crippen LogP contribution in [0.1, 0.15) is 48.5 Å². The molecule has 3 aromatic carbocycles. The molecule has 0 amide bonds.